The number of hydrogen-bond donors (Lipinski definition) is 3. The standard InChI is InChI=1S/C38H57N7O7S/c1-21(2)30(45(8)37(49)33(24(5)26-12-13-26)43-35(48)29-11-9-10-14-44(29)7)17-31(52-25(6)46)36-42-28(20-53-36)34(47)41-27(15-23(4)38(50)51)16-32-39-18-22(3)19-40-32/h18-21,23-24,26-27,29-31,33H,9-17H2,1-8H3,(H,41,47)(H,43,48)(H,50,51)/t23-,24-,27+,29+,30+,31+,33-/m0/s1. The van der Waals surface area contributed by atoms with Crippen molar-refractivity contribution < 1.29 is 33.8 Å². The van der Waals surface area contributed by atoms with Gasteiger partial charge in [-0.1, -0.05) is 34.1 Å². The number of ether oxygens (including phenoxy) is 1. The number of rotatable bonds is 18. The third-order valence-electron chi connectivity index (χ3n) is 10.6. The molecule has 1 saturated carbocycles. The summed E-state index contributed by atoms with van der Waals surface area (Å²) < 4.78 is 5.78. The number of aromatic nitrogens is 3. The quantitative estimate of drug-likeness (QED) is 0.186. The summed E-state index contributed by atoms with van der Waals surface area (Å²) in [6, 6.07) is -1.94. The van der Waals surface area contributed by atoms with E-state index in [4.69, 9.17) is 4.74 Å². The number of amides is 3. The molecule has 53 heavy (non-hydrogen) atoms. The molecule has 0 aromatic carbocycles. The van der Waals surface area contributed by atoms with Crippen LogP contribution in [-0.4, -0.2) is 104 Å². The Labute approximate surface area is 316 Å². The molecule has 7 atom stereocenters. The summed E-state index contributed by atoms with van der Waals surface area (Å²) in [5, 5.41) is 17.6. The van der Waals surface area contributed by atoms with Crippen LogP contribution in [0.3, 0.4) is 0 Å². The average Bonchev–Trinajstić information content (AvgIpc) is 3.84. The van der Waals surface area contributed by atoms with Crippen LogP contribution in [0.1, 0.15) is 113 Å². The average molecular weight is 756 g/mol. The Balaban J connectivity index is 1.52. The van der Waals surface area contributed by atoms with E-state index < -0.39 is 48.0 Å². The highest BCUT2D eigenvalue weighted by Gasteiger charge is 2.42. The molecule has 2 aromatic rings. The lowest BCUT2D eigenvalue weighted by atomic mass is 9.91. The highest BCUT2D eigenvalue weighted by molar-refractivity contribution is 7.09. The third-order valence-corrected chi connectivity index (χ3v) is 11.5. The van der Waals surface area contributed by atoms with Gasteiger partial charge in [0.25, 0.3) is 5.91 Å². The zero-order chi connectivity index (χ0) is 39.0. The molecule has 0 spiro atoms. The molecule has 3 N–H and O–H groups in total. The number of nitrogens with zero attached hydrogens (tertiary/aromatic N) is 5. The van der Waals surface area contributed by atoms with Gasteiger partial charge in [-0.3, -0.25) is 28.9 Å². The highest BCUT2D eigenvalue weighted by atomic mass is 32.1. The first kappa shape index (κ1) is 41.8. The molecule has 2 aromatic heterocycles. The zero-order valence-corrected chi connectivity index (χ0v) is 33.1. The fourth-order valence-electron chi connectivity index (χ4n) is 7.11. The summed E-state index contributed by atoms with van der Waals surface area (Å²) in [4.78, 5) is 82.4. The number of piperidine rings is 1. The number of likely N-dealkylation sites (N-methyl/N-ethyl adjacent to an activating group) is 2. The molecular weight excluding hydrogens is 699 g/mol. The Morgan fingerprint density at radius 2 is 1.72 bits per heavy atom. The second-order valence-electron chi connectivity index (χ2n) is 15.4. The summed E-state index contributed by atoms with van der Waals surface area (Å²) in [6.45, 7) is 11.6. The maximum absolute atomic E-state index is 14.3. The van der Waals surface area contributed by atoms with Gasteiger partial charge in [0.2, 0.25) is 11.8 Å². The van der Waals surface area contributed by atoms with Gasteiger partial charge < -0.3 is 25.4 Å². The van der Waals surface area contributed by atoms with Crippen molar-refractivity contribution in [3.05, 3.63) is 39.9 Å². The number of esters is 1. The van der Waals surface area contributed by atoms with Crippen molar-refractivity contribution in [3.63, 3.8) is 0 Å². The van der Waals surface area contributed by atoms with E-state index in [1.54, 1.807) is 36.6 Å². The van der Waals surface area contributed by atoms with E-state index in [1.807, 2.05) is 34.7 Å². The number of carbonyl (C=O) groups excluding carboxylic acids is 4. The summed E-state index contributed by atoms with van der Waals surface area (Å²) in [6.07, 6.45) is 7.90. The van der Waals surface area contributed by atoms with Gasteiger partial charge in [-0.25, -0.2) is 15.0 Å². The molecule has 0 unspecified atom stereocenters. The number of carbonyl (C=O) groups is 5. The molecule has 292 valence electrons. The van der Waals surface area contributed by atoms with Crippen molar-refractivity contribution in [2.75, 3.05) is 20.6 Å². The van der Waals surface area contributed by atoms with Gasteiger partial charge >= 0.3 is 11.9 Å². The number of carboxylic acid groups (broad SMARTS) is 1. The number of aryl methyl sites for hydroxylation is 1. The minimum Gasteiger partial charge on any atom is -0.481 e. The zero-order valence-electron chi connectivity index (χ0n) is 32.3. The first-order valence-corrected chi connectivity index (χ1v) is 19.6. The topological polar surface area (TPSA) is 184 Å². The molecule has 2 fully saturated rings. The molecule has 1 saturated heterocycles. The van der Waals surface area contributed by atoms with E-state index in [1.165, 1.54) is 18.3 Å². The second kappa shape index (κ2) is 18.9. The predicted molar refractivity (Wildman–Crippen MR) is 200 cm³/mol. The molecule has 14 nitrogen and oxygen atoms in total. The number of likely N-dealkylation sites (tertiary alicyclic amines) is 1. The molecule has 3 amide bonds. The smallest absolute Gasteiger partial charge is 0.306 e. The number of hydrogen-bond acceptors (Lipinski definition) is 11. The Bertz CT molecular complexity index is 1580. The number of nitrogens with one attached hydrogen (secondary N) is 2. The lowest BCUT2D eigenvalue weighted by molar-refractivity contribution is -0.149. The minimum absolute atomic E-state index is 0.0419. The Morgan fingerprint density at radius 1 is 1.04 bits per heavy atom. The van der Waals surface area contributed by atoms with Crippen LogP contribution in [-0.2, 0) is 30.3 Å². The third kappa shape index (κ3) is 11.8. The molecule has 15 heteroatoms. The molecule has 1 aliphatic heterocycles. The van der Waals surface area contributed by atoms with Crippen LogP contribution >= 0.6 is 11.3 Å². The molecule has 3 heterocycles. The summed E-state index contributed by atoms with van der Waals surface area (Å²) in [5.41, 5.74) is 0.974. The lowest BCUT2D eigenvalue weighted by Crippen LogP contribution is -2.58. The Kier molecular flexibility index (Phi) is 14.9. The summed E-state index contributed by atoms with van der Waals surface area (Å²) in [5.74, 6) is -2.31. The highest BCUT2D eigenvalue weighted by Crippen LogP contribution is 2.39. The fraction of sp³-hybridized carbons (Fsp3) is 0.684. The van der Waals surface area contributed by atoms with E-state index in [2.05, 4.69) is 30.5 Å². The van der Waals surface area contributed by atoms with E-state index in [9.17, 15) is 29.1 Å². The molecule has 2 aliphatic rings. The van der Waals surface area contributed by atoms with Gasteiger partial charge in [-0.2, -0.15) is 0 Å². The predicted octanol–water partition coefficient (Wildman–Crippen LogP) is 4.19. The van der Waals surface area contributed by atoms with Gasteiger partial charge in [-0.15, -0.1) is 11.3 Å². The number of carboxylic acids is 1. The molecule has 0 radical (unpaired) electrons. The lowest BCUT2D eigenvalue weighted by Gasteiger charge is -2.38. The molecule has 0 bridgehead atoms. The number of aliphatic carboxylic acids is 1. The van der Waals surface area contributed by atoms with Crippen molar-refractivity contribution in [1.29, 1.82) is 0 Å². The largest absolute Gasteiger partial charge is 0.481 e. The fourth-order valence-corrected chi connectivity index (χ4v) is 7.95. The van der Waals surface area contributed by atoms with Crippen LogP contribution in [0, 0.1) is 30.6 Å². The van der Waals surface area contributed by atoms with Gasteiger partial charge in [0.15, 0.2) is 6.10 Å². The molecule has 4 rings (SSSR count). The SMILES string of the molecule is CC(=O)O[C@H](C[C@H](C(C)C)N(C)C(=O)[C@@H](NC(=O)[C@H]1CCCCN1C)[C@@H](C)C1CC1)c1nc(C(=O)N[C@@H](Cc2ncc(C)cn2)C[C@H](C)C(=O)O)cs1. The van der Waals surface area contributed by atoms with E-state index in [0.29, 0.717) is 16.7 Å². The molecule has 1 aliphatic carbocycles. The van der Waals surface area contributed by atoms with E-state index in [0.717, 1.165) is 44.2 Å². The van der Waals surface area contributed by atoms with Gasteiger partial charge in [0, 0.05) is 56.7 Å². The Morgan fingerprint density at radius 3 is 2.30 bits per heavy atom. The first-order chi connectivity index (χ1) is 25.0. The minimum atomic E-state index is -0.982. The van der Waals surface area contributed by atoms with Gasteiger partial charge in [0.05, 0.1) is 12.0 Å². The van der Waals surface area contributed by atoms with Crippen molar-refractivity contribution in [2.24, 2.45) is 23.7 Å². The van der Waals surface area contributed by atoms with Gasteiger partial charge in [-0.05, 0) is 75.9 Å². The van der Waals surface area contributed by atoms with Crippen molar-refractivity contribution in [1.82, 2.24) is 35.4 Å². The van der Waals surface area contributed by atoms with Crippen LogP contribution in [0.4, 0.5) is 0 Å². The normalized spacial score (nSPS) is 19.7. The van der Waals surface area contributed by atoms with E-state index >= 15 is 0 Å². The van der Waals surface area contributed by atoms with Crippen LogP contribution in [0.2, 0.25) is 0 Å². The van der Waals surface area contributed by atoms with Gasteiger partial charge in [0.1, 0.15) is 22.6 Å². The maximum Gasteiger partial charge on any atom is 0.306 e. The summed E-state index contributed by atoms with van der Waals surface area (Å²) >= 11 is 1.17. The second-order valence-corrected chi connectivity index (χ2v) is 16.3. The van der Waals surface area contributed by atoms with Crippen LogP contribution in [0.25, 0.3) is 0 Å². The van der Waals surface area contributed by atoms with Crippen LogP contribution < -0.4 is 10.6 Å². The number of thiazole rings is 1. The monoisotopic (exact) mass is 755 g/mol. The maximum atomic E-state index is 14.3. The van der Waals surface area contributed by atoms with E-state index in [-0.39, 0.29) is 54.6 Å². The van der Waals surface area contributed by atoms with Crippen LogP contribution in [0.5, 0.6) is 0 Å². The van der Waals surface area contributed by atoms with Crippen molar-refractivity contribution in [2.45, 2.75) is 123 Å². The van der Waals surface area contributed by atoms with Crippen molar-refractivity contribution >= 4 is 41.0 Å². The van der Waals surface area contributed by atoms with Crippen LogP contribution in [0.15, 0.2) is 17.8 Å². The van der Waals surface area contributed by atoms with Crippen molar-refractivity contribution in [3.8, 4) is 0 Å². The molecular formula is C38H57N7O7S. The first-order valence-electron chi connectivity index (χ1n) is 18.8. The Hall–Kier alpha value is -3.98. The summed E-state index contributed by atoms with van der Waals surface area (Å²) in [7, 11) is 3.69.